The third-order valence-electron chi connectivity index (χ3n) is 3.50. The summed E-state index contributed by atoms with van der Waals surface area (Å²) in [6.45, 7) is 5.21. The molecule has 0 saturated carbocycles. The third kappa shape index (κ3) is 3.24. The number of para-hydroxylation sites is 1. The summed E-state index contributed by atoms with van der Waals surface area (Å²) in [6.07, 6.45) is 0. The number of rotatable bonds is 5. The number of amides is 1. The highest BCUT2D eigenvalue weighted by Gasteiger charge is 2.27. The fourth-order valence-electron chi connectivity index (χ4n) is 2.14. The Bertz CT molecular complexity index is 626. The molecule has 0 unspecified atom stereocenters. The smallest absolute Gasteiger partial charge is 0.326 e. The molecule has 0 aliphatic rings. The molecule has 1 aromatic carbocycles. The summed E-state index contributed by atoms with van der Waals surface area (Å²) in [5.74, 6) is -1.58. The number of carbonyl (C=O) groups is 2. The number of carbonyl (C=O) groups excluding carboxylic acids is 1. The van der Waals surface area contributed by atoms with Gasteiger partial charge in [-0.25, -0.2) is 4.79 Å². The highest BCUT2D eigenvalue weighted by molar-refractivity contribution is 5.88. The molecule has 0 radical (unpaired) electrons. The first kappa shape index (κ1) is 15.1. The molecule has 112 valence electrons. The number of furan rings is 1. The van der Waals surface area contributed by atoms with Gasteiger partial charge in [0.15, 0.2) is 0 Å². The van der Waals surface area contributed by atoms with Crippen LogP contribution in [0, 0.1) is 5.92 Å². The Morgan fingerprint density at radius 3 is 2.43 bits per heavy atom. The van der Waals surface area contributed by atoms with E-state index in [9.17, 15) is 9.59 Å². The van der Waals surface area contributed by atoms with Crippen LogP contribution in [0.25, 0.3) is 11.0 Å². The van der Waals surface area contributed by atoms with E-state index >= 15 is 0 Å². The van der Waals surface area contributed by atoms with Gasteiger partial charge in [0.2, 0.25) is 5.91 Å². The quantitative estimate of drug-likeness (QED) is 0.887. The summed E-state index contributed by atoms with van der Waals surface area (Å²) in [7, 11) is 0. The van der Waals surface area contributed by atoms with Crippen LogP contribution in [0.4, 0.5) is 0 Å². The van der Waals surface area contributed by atoms with E-state index < -0.39 is 17.9 Å². The zero-order valence-electron chi connectivity index (χ0n) is 12.3. The van der Waals surface area contributed by atoms with Gasteiger partial charge in [-0.1, -0.05) is 32.0 Å². The van der Waals surface area contributed by atoms with E-state index in [1.165, 1.54) is 0 Å². The van der Waals surface area contributed by atoms with Crippen LogP contribution >= 0.6 is 0 Å². The van der Waals surface area contributed by atoms with E-state index in [2.05, 4.69) is 5.32 Å². The van der Waals surface area contributed by atoms with Crippen molar-refractivity contribution in [3.05, 3.63) is 36.1 Å². The van der Waals surface area contributed by atoms with Crippen molar-refractivity contribution in [3.8, 4) is 0 Å². The number of nitrogens with one attached hydrogen (secondary N) is 1. The molecule has 0 bridgehead atoms. The lowest BCUT2D eigenvalue weighted by Gasteiger charge is -2.19. The highest BCUT2D eigenvalue weighted by atomic mass is 16.4. The van der Waals surface area contributed by atoms with Gasteiger partial charge in [-0.2, -0.15) is 0 Å². The predicted octanol–water partition coefficient (Wildman–Crippen LogP) is 2.76. The van der Waals surface area contributed by atoms with E-state index in [4.69, 9.17) is 9.52 Å². The van der Waals surface area contributed by atoms with Crippen LogP contribution < -0.4 is 5.32 Å². The van der Waals surface area contributed by atoms with Gasteiger partial charge in [-0.15, -0.1) is 0 Å². The fourth-order valence-corrected chi connectivity index (χ4v) is 2.14. The maximum Gasteiger partial charge on any atom is 0.326 e. The van der Waals surface area contributed by atoms with Crippen LogP contribution in [0.5, 0.6) is 0 Å². The Labute approximate surface area is 122 Å². The molecule has 1 heterocycles. The van der Waals surface area contributed by atoms with E-state index in [-0.39, 0.29) is 11.8 Å². The molecule has 2 atom stereocenters. The van der Waals surface area contributed by atoms with E-state index in [1.807, 2.05) is 30.3 Å². The van der Waals surface area contributed by atoms with Gasteiger partial charge in [0.05, 0.1) is 5.92 Å². The number of benzene rings is 1. The molecule has 21 heavy (non-hydrogen) atoms. The van der Waals surface area contributed by atoms with Crippen LogP contribution in [0.3, 0.4) is 0 Å². The average Bonchev–Trinajstić information content (AvgIpc) is 2.86. The van der Waals surface area contributed by atoms with Gasteiger partial charge in [0, 0.05) is 5.39 Å². The van der Waals surface area contributed by atoms with Crippen LogP contribution in [-0.2, 0) is 9.59 Å². The second-order valence-corrected chi connectivity index (χ2v) is 5.48. The normalized spacial score (nSPS) is 14.1. The molecule has 2 rings (SSSR count). The second-order valence-electron chi connectivity index (χ2n) is 5.48. The van der Waals surface area contributed by atoms with Crippen molar-refractivity contribution < 1.29 is 19.1 Å². The molecule has 0 aliphatic heterocycles. The molecular weight excluding hydrogens is 270 g/mol. The van der Waals surface area contributed by atoms with Crippen molar-refractivity contribution in [2.45, 2.75) is 32.7 Å². The summed E-state index contributed by atoms with van der Waals surface area (Å²) in [5, 5.41) is 12.6. The highest BCUT2D eigenvalue weighted by Crippen LogP contribution is 2.25. The Balaban J connectivity index is 2.16. The lowest BCUT2D eigenvalue weighted by atomic mass is 10.0. The molecule has 2 N–H and O–H groups in total. The van der Waals surface area contributed by atoms with E-state index in [1.54, 1.807) is 20.8 Å². The number of carboxylic acids is 1. The van der Waals surface area contributed by atoms with Crippen LogP contribution in [-0.4, -0.2) is 23.0 Å². The predicted molar refractivity (Wildman–Crippen MR) is 79.0 cm³/mol. The zero-order chi connectivity index (χ0) is 15.6. The number of hydrogen-bond donors (Lipinski definition) is 2. The third-order valence-corrected chi connectivity index (χ3v) is 3.50. The van der Waals surface area contributed by atoms with Crippen molar-refractivity contribution in [1.82, 2.24) is 5.32 Å². The van der Waals surface area contributed by atoms with E-state index in [0.717, 1.165) is 5.39 Å². The minimum Gasteiger partial charge on any atom is -0.480 e. The van der Waals surface area contributed by atoms with Gasteiger partial charge in [-0.3, -0.25) is 4.79 Å². The standard InChI is InChI=1S/C16H19NO4/c1-9(2)14(16(19)20)17-15(18)10(3)13-8-11-6-4-5-7-12(11)21-13/h4-10,14H,1-3H3,(H,17,18)(H,19,20)/t10-,14+/m1/s1. The first-order chi connectivity index (χ1) is 9.90. The zero-order valence-corrected chi connectivity index (χ0v) is 12.3. The monoisotopic (exact) mass is 289 g/mol. The van der Waals surface area contributed by atoms with Gasteiger partial charge in [0.1, 0.15) is 17.4 Å². The molecule has 1 aromatic heterocycles. The van der Waals surface area contributed by atoms with Crippen molar-refractivity contribution in [1.29, 1.82) is 0 Å². The minimum atomic E-state index is -1.03. The van der Waals surface area contributed by atoms with Crippen molar-refractivity contribution in [2.75, 3.05) is 0 Å². The number of fused-ring (bicyclic) bond motifs is 1. The average molecular weight is 289 g/mol. The molecule has 0 aliphatic carbocycles. The molecule has 0 fully saturated rings. The van der Waals surface area contributed by atoms with Crippen molar-refractivity contribution in [2.24, 2.45) is 5.92 Å². The number of carboxylic acid groups (broad SMARTS) is 1. The summed E-state index contributed by atoms with van der Waals surface area (Å²) in [5.41, 5.74) is 0.714. The van der Waals surface area contributed by atoms with Crippen LogP contribution in [0.1, 0.15) is 32.4 Å². The van der Waals surface area contributed by atoms with E-state index in [0.29, 0.717) is 11.3 Å². The van der Waals surface area contributed by atoms with Crippen LogP contribution in [0.15, 0.2) is 34.7 Å². The van der Waals surface area contributed by atoms with Gasteiger partial charge < -0.3 is 14.8 Å². The first-order valence-corrected chi connectivity index (χ1v) is 6.91. The Kier molecular flexibility index (Phi) is 4.31. The molecule has 5 heteroatoms. The van der Waals surface area contributed by atoms with Crippen molar-refractivity contribution >= 4 is 22.8 Å². The lowest BCUT2D eigenvalue weighted by molar-refractivity contribution is -0.143. The SMILES string of the molecule is CC(C)[C@H](NC(=O)[C@H](C)c1cc2ccccc2o1)C(=O)O. The Hall–Kier alpha value is -2.30. The summed E-state index contributed by atoms with van der Waals surface area (Å²) in [6, 6.07) is 8.40. The lowest BCUT2D eigenvalue weighted by Crippen LogP contribution is -2.45. The maximum absolute atomic E-state index is 12.2. The Morgan fingerprint density at radius 1 is 1.19 bits per heavy atom. The van der Waals surface area contributed by atoms with Gasteiger partial charge >= 0.3 is 5.97 Å². The number of hydrogen-bond acceptors (Lipinski definition) is 3. The molecule has 0 spiro atoms. The van der Waals surface area contributed by atoms with Crippen LogP contribution in [0.2, 0.25) is 0 Å². The van der Waals surface area contributed by atoms with Gasteiger partial charge in [0.25, 0.3) is 0 Å². The van der Waals surface area contributed by atoms with Gasteiger partial charge in [-0.05, 0) is 25.0 Å². The number of aliphatic carboxylic acids is 1. The first-order valence-electron chi connectivity index (χ1n) is 6.91. The molecule has 5 nitrogen and oxygen atoms in total. The fraction of sp³-hybridized carbons (Fsp3) is 0.375. The molecule has 1 amide bonds. The summed E-state index contributed by atoms with van der Waals surface area (Å²) in [4.78, 5) is 23.3. The molecular formula is C16H19NO4. The minimum absolute atomic E-state index is 0.186. The largest absolute Gasteiger partial charge is 0.480 e. The van der Waals surface area contributed by atoms with Crippen molar-refractivity contribution in [3.63, 3.8) is 0 Å². The second kappa shape index (κ2) is 5.99. The Morgan fingerprint density at radius 2 is 1.86 bits per heavy atom. The molecule has 2 aromatic rings. The molecule has 0 saturated heterocycles. The summed E-state index contributed by atoms with van der Waals surface area (Å²) < 4.78 is 5.65. The maximum atomic E-state index is 12.2. The topological polar surface area (TPSA) is 79.5 Å². The summed E-state index contributed by atoms with van der Waals surface area (Å²) >= 11 is 0.